The van der Waals surface area contributed by atoms with Gasteiger partial charge in [0.25, 0.3) is 0 Å². The van der Waals surface area contributed by atoms with Crippen LogP contribution < -0.4 is 5.73 Å². The van der Waals surface area contributed by atoms with Crippen molar-refractivity contribution in [2.45, 2.75) is 6.54 Å². The molecule has 0 amide bonds. The van der Waals surface area contributed by atoms with Gasteiger partial charge in [0.1, 0.15) is 11.9 Å². The molecule has 4 nitrogen and oxygen atoms in total. The first-order valence-corrected chi connectivity index (χ1v) is 7.17. The van der Waals surface area contributed by atoms with Crippen LogP contribution in [0.5, 0.6) is 0 Å². The lowest BCUT2D eigenvalue weighted by atomic mass is 10.1. The molecule has 0 saturated carbocycles. The van der Waals surface area contributed by atoms with Crippen molar-refractivity contribution in [3.05, 3.63) is 35.1 Å². The van der Waals surface area contributed by atoms with Gasteiger partial charge in [0.15, 0.2) is 5.96 Å². The number of benzene rings is 1. The zero-order chi connectivity index (χ0) is 13.7. The minimum atomic E-state index is -0.511. The Morgan fingerprint density at radius 3 is 2.84 bits per heavy atom. The number of rotatable bonds is 2. The molecule has 1 saturated heterocycles. The van der Waals surface area contributed by atoms with Crippen molar-refractivity contribution in [1.82, 2.24) is 4.90 Å². The molecular weight excluding hydrogens is 263 g/mol. The molecule has 0 aromatic heterocycles. The molecule has 0 bridgehead atoms. The Kier molecular flexibility index (Phi) is 4.63. The predicted molar refractivity (Wildman–Crippen MR) is 75.3 cm³/mol. The van der Waals surface area contributed by atoms with E-state index in [4.69, 9.17) is 11.0 Å². The summed E-state index contributed by atoms with van der Waals surface area (Å²) < 4.78 is 13.4. The summed E-state index contributed by atoms with van der Waals surface area (Å²) in [4.78, 5) is 6.31. The van der Waals surface area contributed by atoms with Crippen LogP contribution in [0.25, 0.3) is 0 Å². The fourth-order valence-electron chi connectivity index (χ4n) is 1.81. The molecule has 1 fully saturated rings. The number of thioether (sulfide) groups is 1. The number of hydrogen-bond acceptors (Lipinski definition) is 3. The maximum atomic E-state index is 13.4. The molecule has 0 spiro atoms. The summed E-state index contributed by atoms with van der Waals surface area (Å²) in [5, 5.41) is 8.65. The molecule has 19 heavy (non-hydrogen) atoms. The molecule has 1 aromatic rings. The van der Waals surface area contributed by atoms with E-state index in [-0.39, 0.29) is 5.56 Å². The average molecular weight is 278 g/mol. The molecular formula is C13H15FN4S. The second-order valence-electron chi connectivity index (χ2n) is 4.20. The summed E-state index contributed by atoms with van der Waals surface area (Å²) in [6.07, 6.45) is 0. The minimum Gasteiger partial charge on any atom is -0.370 e. The number of hydrogen-bond donors (Lipinski definition) is 1. The maximum absolute atomic E-state index is 13.4. The molecule has 1 aliphatic heterocycles. The van der Waals surface area contributed by atoms with Gasteiger partial charge in [-0.1, -0.05) is 6.07 Å². The van der Waals surface area contributed by atoms with Crippen molar-refractivity contribution in [2.24, 2.45) is 10.7 Å². The molecule has 1 aromatic carbocycles. The van der Waals surface area contributed by atoms with E-state index >= 15 is 0 Å². The molecule has 1 aliphatic rings. The number of nitrogens with zero attached hydrogens (tertiary/aromatic N) is 3. The van der Waals surface area contributed by atoms with Crippen molar-refractivity contribution in [3.63, 3.8) is 0 Å². The fraction of sp³-hybridized carbons (Fsp3) is 0.385. The van der Waals surface area contributed by atoms with Gasteiger partial charge >= 0.3 is 0 Å². The first kappa shape index (κ1) is 13.7. The topological polar surface area (TPSA) is 65.4 Å². The third-order valence-corrected chi connectivity index (χ3v) is 3.86. The van der Waals surface area contributed by atoms with Gasteiger partial charge in [0.05, 0.1) is 12.1 Å². The van der Waals surface area contributed by atoms with Crippen LogP contribution in [0.2, 0.25) is 0 Å². The highest BCUT2D eigenvalue weighted by molar-refractivity contribution is 7.99. The van der Waals surface area contributed by atoms with E-state index in [1.165, 1.54) is 12.1 Å². The first-order chi connectivity index (χ1) is 9.20. The normalized spacial score (nSPS) is 16.2. The summed E-state index contributed by atoms with van der Waals surface area (Å²) in [6, 6.07) is 6.29. The number of nitrogens with two attached hydrogens (primary N) is 1. The monoisotopic (exact) mass is 278 g/mol. The minimum absolute atomic E-state index is 0.0498. The molecule has 0 radical (unpaired) electrons. The van der Waals surface area contributed by atoms with E-state index in [1.807, 2.05) is 16.7 Å². The van der Waals surface area contributed by atoms with E-state index in [0.717, 1.165) is 24.6 Å². The Hall–Kier alpha value is -1.74. The van der Waals surface area contributed by atoms with Crippen LogP contribution in [0.3, 0.4) is 0 Å². The van der Waals surface area contributed by atoms with Crippen LogP contribution in [0.4, 0.5) is 4.39 Å². The van der Waals surface area contributed by atoms with Crippen LogP contribution in [0.15, 0.2) is 23.2 Å². The summed E-state index contributed by atoms with van der Waals surface area (Å²) in [7, 11) is 0. The fourth-order valence-corrected chi connectivity index (χ4v) is 2.72. The lowest BCUT2D eigenvalue weighted by Crippen LogP contribution is -2.42. The summed E-state index contributed by atoms with van der Waals surface area (Å²) in [5.41, 5.74) is 6.67. The molecule has 2 N–H and O–H groups in total. The Bertz CT molecular complexity index is 518. The maximum Gasteiger partial charge on any atom is 0.191 e. The molecule has 0 aliphatic carbocycles. The van der Waals surface area contributed by atoms with E-state index < -0.39 is 5.82 Å². The highest BCUT2D eigenvalue weighted by Gasteiger charge is 2.12. The van der Waals surface area contributed by atoms with Crippen molar-refractivity contribution in [1.29, 1.82) is 5.26 Å². The lowest BCUT2D eigenvalue weighted by molar-refractivity contribution is 0.455. The Morgan fingerprint density at radius 1 is 1.47 bits per heavy atom. The van der Waals surface area contributed by atoms with Gasteiger partial charge in [0, 0.05) is 24.6 Å². The molecule has 2 rings (SSSR count). The quantitative estimate of drug-likeness (QED) is 0.658. The largest absolute Gasteiger partial charge is 0.370 e. The van der Waals surface area contributed by atoms with Crippen LogP contribution in [-0.2, 0) is 6.54 Å². The second kappa shape index (κ2) is 6.43. The molecule has 6 heteroatoms. The standard InChI is InChI=1S/C13H15FN4S/c14-12-7-10(1-2-11(12)8-15)9-17-13(16)18-3-5-19-6-4-18/h1-2,7H,3-6,9H2,(H2,16,17). The van der Waals surface area contributed by atoms with Crippen molar-refractivity contribution in [3.8, 4) is 6.07 Å². The highest BCUT2D eigenvalue weighted by Crippen LogP contribution is 2.11. The second-order valence-corrected chi connectivity index (χ2v) is 5.42. The van der Waals surface area contributed by atoms with Crippen LogP contribution in [0, 0.1) is 17.1 Å². The zero-order valence-electron chi connectivity index (χ0n) is 10.5. The highest BCUT2D eigenvalue weighted by atomic mass is 32.2. The van der Waals surface area contributed by atoms with Crippen LogP contribution in [-0.4, -0.2) is 35.5 Å². The van der Waals surface area contributed by atoms with Gasteiger partial charge in [-0.15, -0.1) is 0 Å². The van der Waals surface area contributed by atoms with Gasteiger partial charge < -0.3 is 10.6 Å². The zero-order valence-corrected chi connectivity index (χ0v) is 11.3. The van der Waals surface area contributed by atoms with E-state index in [0.29, 0.717) is 18.1 Å². The van der Waals surface area contributed by atoms with Crippen molar-refractivity contribution < 1.29 is 4.39 Å². The van der Waals surface area contributed by atoms with Crippen molar-refractivity contribution in [2.75, 3.05) is 24.6 Å². The van der Waals surface area contributed by atoms with E-state index in [2.05, 4.69) is 4.99 Å². The molecule has 0 atom stereocenters. The van der Waals surface area contributed by atoms with Crippen LogP contribution >= 0.6 is 11.8 Å². The summed E-state index contributed by atoms with van der Waals surface area (Å²) >= 11 is 1.90. The number of guanidine groups is 1. The first-order valence-electron chi connectivity index (χ1n) is 6.02. The van der Waals surface area contributed by atoms with Gasteiger partial charge in [-0.3, -0.25) is 0 Å². The van der Waals surface area contributed by atoms with Gasteiger partial charge in [-0.2, -0.15) is 17.0 Å². The number of nitriles is 1. The SMILES string of the molecule is N#Cc1ccc(CN=C(N)N2CCSCC2)cc1F. The number of aliphatic imine (C=N–C) groups is 1. The summed E-state index contributed by atoms with van der Waals surface area (Å²) in [5.74, 6) is 2.11. The van der Waals surface area contributed by atoms with Crippen molar-refractivity contribution >= 4 is 17.7 Å². The molecule has 0 unspecified atom stereocenters. The smallest absolute Gasteiger partial charge is 0.191 e. The average Bonchev–Trinajstić information content (AvgIpc) is 2.46. The predicted octanol–water partition coefficient (Wildman–Crippen LogP) is 1.56. The molecule has 1 heterocycles. The number of halogens is 1. The third kappa shape index (κ3) is 3.61. The third-order valence-electron chi connectivity index (χ3n) is 2.91. The Morgan fingerprint density at radius 2 is 2.21 bits per heavy atom. The summed E-state index contributed by atoms with van der Waals surface area (Å²) in [6.45, 7) is 2.14. The molecule has 100 valence electrons. The van der Waals surface area contributed by atoms with E-state index in [9.17, 15) is 4.39 Å². The van der Waals surface area contributed by atoms with Crippen LogP contribution in [0.1, 0.15) is 11.1 Å². The Balaban J connectivity index is 2.01. The van der Waals surface area contributed by atoms with E-state index in [1.54, 1.807) is 12.1 Å². The lowest BCUT2D eigenvalue weighted by Gasteiger charge is -2.27. The van der Waals surface area contributed by atoms with Gasteiger partial charge in [-0.05, 0) is 17.7 Å². The van der Waals surface area contributed by atoms with Gasteiger partial charge in [-0.25, -0.2) is 9.38 Å². The Labute approximate surface area is 116 Å². The van der Waals surface area contributed by atoms with Gasteiger partial charge in [0.2, 0.25) is 0 Å².